The highest BCUT2D eigenvalue weighted by Gasteiger charge is 2.46. The van der Waals surface area contributed by atoms with E-state index in [1.54, 1.807) is 41.3 Å². The molecule has 0 spiro atoms. The molecule has 8 heteroatoms. The van der Waals surface area contributed by atoms with E-state index >= 15 is 0 Å². The van der Waals surface area contributed by atoms with Crippen LogP contribution >= 0.6 is 0 Å². The second kappa shape index (κ2) is 7.02. The standard InChI is InChI=1S/C23H17FN4O3/c24-16-4-6-17(7-5-16)28-20-13-25-11-19(18(20)12-26-28)21(29)27-23(8-9-23)15-3-1-2-14(10-15)22(30)31/h1-7,10-13H,8-9H2,(H,27,29)(H,30,31). The van der Waals surface area contributed by atoms with E-state index in [1.165, 1.54) is 24.4 Å². The Kier molecular flexibility index (Phi) is 4.28. The number of carbonyl (C=O) groups excluding carboxylic acids is 1. The summed E-state index contributed by atoms with van der Waals surface area (Å²) in [5.41, 5.74) is 2.01. The Morgan fingerprint density at radius 2 is 1.84 bits per heavy atom. The highest BCUT2D eigenvalue weighted by Crippen LogP contribution is 2.46. The van der Waals surface area contributed by atoms with E-state index in [9.17, 15) is 19.1 Å². The SMILES string of the molecule is O=C(O)c1cccc(C2(NC(=O)c3cncc4c3cnn4-c3ccc(F)cc3)CC2)c1. The molecule has 4 aromatic rings. The van der Waals surface area contributed by atoms with Crippen LogP contribution in [-0.4, -0.2) is 31.7 Å². The lowest BCUT2D eigenvalue weighted by molar-refractivity contribution is 0.0696. The van der Waals surface area contributed by atoms with E-state index in [1.807, 2.05) is 6.07 Å². The van der Waals surface area contributed by atoms with Crippen molar-refractivity contribution in [2.24, 2.45) is 0 Å². The molecule has 1 aliphatic rings. The molecule has 2 heterocycles. The van der Waals surface area contributed by atoms with Crippen molar-refractivity contribution < 1.29 is 19.1 Å². The lowest BCUT2D eigenvalue weighted by Crippen LogP contribution is -2.35. The van der Waals surface area contributed by atoms with Gasteiger partial charge in [0.25, 0.3) is 5.91 Å². The molecule has 0 unspecified atom stereocenters. The molecule has 1 saturated carbocycles. The minimum atomic E-state index is -1.01. The van der Waals surface area contributed by atoms with Crippen molar-refractivity contribution in [1.82, 2.24) is 20.1 Å². The van der Waals surface area contributed by atoms with Crippen LogP contribution in [0.5, 0.6) is 0 Å². The molecule has 1 fully saturated rings. The maximum atomic E-state index is 13.3. The largest absolute Gasteiger partial charge is 0.478 e. The number of hydrogen-bond donors (Lipinski definition) is 2. The maximum absolute atomic E-state index is 13.3. The summed E-state index contributed by atoms with van der Waals surface area (Å²) in [5.74, 6) is -1.67. The first-order valence-corrected chi connectivity index (χ1v) is 9.71. The Morgan fingerprint density at radius 3 is 2.55 bits per heavy atom. The van der Waals surface area contributed by atoms with Gasteiger partial charge < -0.3 is 10.4 Å². The van der Waals surface area contributed by atoms with Gasteiger partial charge in [0, 0.05) is 11.6 Å². The minimum absolute atomic E-state index is 0.183. The summed E-state index contributed by atoms with van der Waals surface area (Å²) in [6.07, 6.45) is 6.11. The van der Waals surface area contributed by atoms with Gasteiger partial charge in [0.05, 0.1) is 40.3 Å². The second-order valence-corrected chi connectivity index (χ2v) is 7.57. The molecule has 5 rings (SSSR count). The second-order valence-electron chi connectivity index (χ2n) is 7.57. The molecule has 1 aliphatic carbocycles. The molecule has 2 aromatic carbocycles. The van der Waals surface area contributed by atoms with Crippen molar-refractivity contribution >= 4 is 22.8 Å². The summed E-state index contributed by atoms with van der Waals surface area (Å²) in [5, 5.41) is 17.3. The number of halogens is 1. The third kappa shape index (κ3) is 3.31. The zero-order valence-corrected chi connectivity index (χ0v) is 16.2. The molecular formula is C23H17FN4O3. The molecular weight excluding hydrogens is 399 g/mol. The molecule has 0 saturated heterocycles. The summed E-state index contributed by atoms with van der Waals surface area (Å²) < 4.78 is 14.9. The summed E-state index contributed by atoms with van der Waals surface area (Å²) in [4.78, 5) is 28.6. The van der Waals surface area contributed by atoms with Crippen molar-refractivity contribution in [2.75, 3.05) is 0 Å². The van der Waals surface area contributed by atoms with Crippen molar-refractivity contribution in [3.8, 4) is 5.69 Å². The number of benzene rings is 2. The van der Waals surface area contributed by atoms with Crippen LogP contribution in [-0.2, 0) is 5.54 Å². The topological polar surface area (TPSA) is 97.1 Å². The highest BCUT2D eigenvalue weighted by atomic mass is 19.1. The quantitative estimate of drug-likeness (QED) is 0.517. The number of fused-ring (bicyclic) bond motifs is 1. The summed E-state index contributed by atoms with van der Waals surface area (Å²) in [6.45, 7) is 0. The van der Waals surface area contributed by atoms with Crippen LogP contribution < -0.4 is 5.32 Å². The lowest BCUT2D eigenvalue weighted by Gasteiger charge is -2.18. The van der Waals surface area contributed by atoms with Gasteiger partial charge >= 0.3 is 5.97 Å². The summed E-state index contributed by atoms with van der Waals surface area (Å²) >= 11 is 0. The summed E-state index contributed by atoms with van der Waals surface area (Å²) in [7, 11) is 0. The van der Waals surface area contributed by atoms with Crippen LogP contribution in [0, 0.1) is 5.82 Å². The average Bonchev–Trinajstić information content (AvgIpc) is 3.43. The zero-order valence-electron chi connectivity index (χ0n) is 16.2. The van der Waals surface area contributed by atoms with Crippen molar-refractivity contribution in [2.45, 2.75) is 18.4 Å². The average molecular weight is 416 g/mol. The van der Waals surface area contributed by atoms with Gasteiger partial charge in [0.2, 0.25) is 0 Å². The van der Waals surface area contributed by atoms with Gasteiger partial charge in [-0.3, -0.25) is 9.78 Å². The van der Waals surface area contributed by atoms with Gasteiger partial charge in [-0.2, -0.15) is 5.10 Å². The zero-order chi connectivity index (χ0) is 21.6. The van der Waals surface area contributed by atoms with Crippen molar-refractivity contribution in [3.63, 3.8) is 0 Å². The molecule has 2 aromatic heterocycles. The van der Waals surface area contributed by atoms with E-state index in [4.69, 9.17) is 0 Å². The predicted octanol–water partition coefficient (Wildman–Crippen LogP) is 3.68. The van der Waals surface area contributed by atoms with Gasteiger partial charge in [-0.05, 0) is 54.8 Å². The highest BCUT2D eigenvalue weighted by molar-refractivity contribution is 6.06. The molecule has 0 aliphatic heterocycles. The normalized spacial score (nSPS) is 14.4. The number of amides is 1. The first-order chi connectivity index (χ1) is 15.0. The maximum Gasteiger partial charge on any atom is 0.335 e. The van der Waals surface area contributed by atoms with E-state index in [-0.39, 0.29) is 17.3 Å². The third-order valence-corrected chi connectivity index (χ3v) is 5.58. The van der Waals surface area contributed by atoms with Gasteiger partial charge in [-0.15, -0.1) is 0 Å². The lowest BCUT2D eigenvalue weighted by atomic mass is 10.0. The van der Waals surface area contributed by atoms with Gasteiger partial charge in [-0.25, -0.2) is 13.9 Å². The van der Waals surface area contributed by atoms with E-state index in [2.05, 4.69) is 15.4 Å². The Morgan fingerprint density at radius 1 is 1.06 bits per heavy atom. The Bertz CT molecular complexity index is 1330. The van der Waals surface area contributed by atoms with Gasteiger partial charge in [-0.1, -0.05) is 12.1 Å². The van der Waals surface area contributed by atoms with Crippen LogP contribution in [0.15, 0.2) is 67.1 Å². The Balaban J connectivity index is 1.47. The van der Waals surface area contributed by atoms with Gasteiger partial charge in [0.15, 0.2) is 0 Å². The first-order valence-electron chi connectivity index (χ1n) is 9.71. The molecule has 0 atom stereocenters. The number of carbonyl (C=O) groups is 2. The molecule has 154 valence electrons. The van der Waals surface area contributed by atoms with E-state index < -0.39 is 11.5 Å². The number of aromatic nitrogens is 3. The number of carboxylic acids is 1. The van der Waals surface area contributed by atoms with Crippen LogP contribution in [0.1, 0.15) is 39.1 Å². The number of carboxylic acid groups (broad SMARTS) is 1. The molecule has 7 nitrogen and oxygen atoms in total. The third-order valence-electron chi connectivity index (χ3n) is 5.58. The van der Waals surface area contributed by atoms with E-state index in [0.29, 0.717) is 22.2 Å². The monoisotopic (exact) mass is 416 g/mol. The smallest absolute Gasteiger partial charge is 0.335 e. The fourth-order valence-electron chi connectivity index (χ4n) is 3.76. The molecule has 2 N–H and O–H groups in total. The number of nitrogens with one attached hydrogen (secondary N) is 1. The van der Waals surface area contributed by atoms with Gasteiger partial charge in [0.1, 0.15) is 5.82 Å². The number of pyridine rings is 1. The fraction of sp³-hybridized carbons (Fsp3) is 0.130. The first kappa shape index (κ1) is 18.9. The molecule has 1 amide bonds. The molecule has 0 bridgehead atoms. The van der Waals surface area contributed by atoms with Crippen LogP contribution in [0.4, 0.5) is 4.39 Å². The Labute approximate surface area is 176 Å². The Hall–Kier alpha value is -4.07. The molecule has 31 heavy (non-hydrogen) atoms. The number of hydrogen-bond acceptors (Lipinski definition) is 4. The van der Waals surface area contributed by atoms with E-state index in [0.717, 1.165) is 18.4 Å². The fourth-order valence-corrected chi connectivity index (χ4v) is 3.76. The number of nitrogens with zero attached hydrogens (tertiary/aromatic N) is 3. The van der Waals surface area contributed by atoms with Crippen LogP contribution in [0.3, 0.4) is 0 Å². The molecule has 0 radical (unpaired) electrons. The van der Waals surface area contributed by atoms with Crippen LogP contribution in [0.2, 0.25) is 0 Å². The number of rotatable bonds is 5. The number of aromatic carboxylic acids is 1. The van der Waals surface area contributed by atoms with Crippen LogP contribution in [0.25, 0.3) is 16.6 Å². The van der Waals surface area contributed by atoms with Crippen molar-refractivity contribution in [1.29, 1.82) is 0 Å². The minimum Gasteiger partial charge on any atom is -0.478 e. The van der Waals surface area contributed by atoms with Crippen molar-refractivity contribution in [3.05, 3.63) is 89.6 Å². The summed E-state index contributed by atoms with van der Waals surface area (Å²) in [6, 6.07) is 12.5. The predicted molar refractivity (Wildman–Crippen MR) is 111 cm³/mol.